The van der Waals surface area contributed by atoms with Crippen LogP contribution in [0.3, 0.4) is 0 Å². The zero-order chi connectivity index (χ0) is 27.7. The van der Waals surface area contributed by atoms with Crippen molar-refractivity contribution in [1.29, 1.82) is 0 Å². The second-order valence-electron chi connectivity index (χ2n) is 10.8. The molecule has 1 aromatic heterocycles. The molecule has 2 heterocycles. The first kappa shape index (κ1) is 27.9. The Bertz CT molecular complexity index is 1340. The monoisotopic (exact) mass is 577 g/mol. The topological polar surface area (TPSA) is 129 Å². The van der Waals surface area contributed by atoms with Crippen LogP contribution < -0.4 is 25.0 Å². The van der Waals surface area contributed by atoms with E-state index >= 15 is 0 Å². The van der Waals surface area contributed by atoms with Crippen molar-refractivity contribution in [3.63, 3.8) is 0 Å². The summed E-state index contributed by atoms with van der Waals surface area (Å²) in [4.78, 5) is 25.8. The molecule has 2 fully saturated rings. The third-order valence-corrected chi connectivity index (χ3v) is 8.55. The van der Waals surface area contributed by atoms with Crippen molar-refractivity contribution in [2.75, 3.05) is 49.0 Å². The van der Waals surface area contributed by atoms with Gasteiger partial charge in [0.15, 0.2) is 5.82 Å². The van der Waals surface area contributed by atoms with E-state index in [9.17, 15) is 13.2 Å². The van der Waals surface area contributed by atoms with E-state index in [0.717, 1.165) is 43.5 Å². The predicted octanol–water partition coefficient (Wildman–Crippen LogP) is 3.34. The molecule has 13 heteroatoms. The fraction of sp³-hybridized carbons (Fsp3) is 0.577. The first-order valence-corrected chi connectivity index (χ1v) is 15.6. The van der Waals surface area contributed by atoms with E-state index in [1.165, 1.54) is 25.3 Å². The van der Waals surface area contributed by atoms with E-state index in [1.807, 2.05) is 12.1 Å². The molecule has 212 valence electrons. The zero-order valence-corrected chi connectivity index (χ0v) is 24.1. The molecule has 1 aromatic carbocycles. The smallest absolute Gasteiger partial charge is 0.240 e. The molecular formula is C26H36ClN7O4S. The minimum Gasteiger partial charge on any atom is -0.495 e. The normalized spacial score (nSPS) is 22.3. The summed E-state index contributed by atoms with van der Waals surface area (Å²) in [5.41, 5.74) is 2.45. The lowest BCUT2D eigenvalue weighted by Crippen LogP contribution is -2.48. The van der Waals surface area contributed by atoms with E-state index in [1.54, 1.807) is 19.1 Å². The molecular weight excluding hydrogens is 542 g/mol. The number of carbonyl (C=O) groups excluding carboxylic acids is 1. The minimum atomic E-state index is -3.35. The first-order chi connectivity index (χ1) is 18.6. The van der Waals surface area contributed by atoms with E-state index < -0.39 is 10.0 Å². The third-order valence-electron chi connectivity index (χ3n) is 7.55. The van der Waals surface area contributed by atoms with Gasteiger partial charge in [-0.05, 0) is 49.3 Å². The molecule has 2 saturated carbocycles. The van der Waals surface area contributed by atoms with Crippen LogP contribution in [0.2, 0.25) is 5.02 Å². The van der Waals surface area contributed by atoms with Gasteiger partial charge in [-0.25, -0.2) is 18.1 Å². The van der Waals surface area contributed by atoms with Crippen LogP contribution in [-0.4, -0.2) is 74.8 Å². The number of aromatic nitrogens is 2. The number of sulfonamides is 1. The fourth-order valence-corrected chi connectivity index (χ4v) is 6.36. The molecule has 0 bridgehead atoms. The van der Waals surface area contributed by atoms with E-state index in [0.29, 0.717) is 47.2 Å². The van der Waals surface area contributed by atoms with Crippen LogP contribution in [0.5, 0.6) is 5.75 Å². The van der Waals surface area contributed by atoms with Crippen LogP contribution in [0.15, 0.2) is 18.3 Å². The number of hydrogen-bond donors (Lipinski definition) is 3. The Morgan fingerprint density at radius 2 is 1.87 bits per heavy atom. The zero-order valence-electron chi connectivity index (χ0n) is 22.5. The molecule has 0 unspecified atom stereocenters. The van der Waals surface area contributed by atoms with Crippen LogP contribution in [-0.2, 0) is 21.4 Å². The van der Waals surface area contributed by atoms with Crippen molar-refractivity contribution in [3.05, 3.63) is 28.9 Å². The molecule has 39 heavy (non-hydrogen) atoms. The molecule has 2 aliphatic carbocycles. The van der Waals surface area contributed by atoms with E-state index in [-0.39, 0.29) is 18.0 Å². The highest BCUT2D eigenvalue weighted by Crippen LogP contribution is 2.38. The highest BCUT2D eigenvalue weighted by atomic mass is 35.5. The lowest BCUT2D eigenvalue weighted by Gasteiger charge is -2.32. The van der Waals surface area contributed by atoms with Crippen molar-refractivity contribution >= 4 is 50.7 Å². The number of fused-ring (bicyclic) bond motifs is 1. The van der Waals surface area contributed by atoms with Crippen molar-refractivity contribution < 1.29 is 17.9 Å². The number of rotatable bonds is 9. The number of hydrogen-bond acceptors (Lipinski definition) is 9. The standard InChI is InChI=1S/C26H36ClN7O4S/c1-33-22-11-21(23(38-2)10-17(22)14-34(15-24(33)35)13-16-8-9-16)30-26-28-12-18(27)25(31-26)29-19-6-4-5-7-20(19)32-39(3,36)37/h10-12,16,19-20,32H,4-9,13-15H2,1-3H3,(H2,28,29,30,31)/t19-,20-/m1/s1. The molecule has 1 aliphatic heterocycles. The summed E-state index contributed by atoms with van der Waals surface area (Å²) < 4.78 is 32.2. The summed E-state index contributed by atoms with van der Waals surface area (Å²) in [5.74, 6) is 2.05. The largest absolute Gasteiger partial charge is 0.495 e. The quantitative estimate of drug-likeness (QED) is 0.411. The number of amides is 1. The summed E-state index contributed by atoms with van der Waals surface area (Å²) in [6.45, 7) is 1.99. The maximum Gasteiger partial charge on any atom is 0.240 e. The average Bonchev–Trinajstić information content (AvgIpc) is 3.71. The number of likely N-dealkylation sites (N-methyl/N-ethyl adjacent to an activating group) is 1. The van der Waals surface area contributed by atoms with Gasteiger partial charge in [0.2, 0.25) is 21.9 Å². The van der Waals surface area contributed by atoms with Crippen LogP contribution >= 0.6 is 11.6 Å². The number of nitrogens with zero attached hydrogens (tertiary/aromatic N) is 4. The molecule has 3 aliphatic rings. The van der Waals surface area contributed by atoms with Gasteiger partial charge in [-0.3, -0.25) is 9.69 Å². The first-order valence-electron chi connectivity index (χ1n) is 13.3. The second kappa shape index (κ2) is 11.4. The highest BCUT2D eigenvalue weighted by molar-refractivity contribution is 7.88. The fourth-order valence-electron chi connectivity index (χ4n) is 5.38. The second-order valence-corrected chi connectivity index (χ2v) is 13.0. The highest BCUT2D eigenvalue weighted by Gasteiger charge is 2.31. The number of carbonyl (C=O) groups is 1. The molecule has 0 radical (unpaired) electrons. The number of methoxy groups -OCH3 is 1. The molecule has 3 N–H and O–H groups in total. The summed E-state index contributed by atoms with van der Waals surface area (Å²) in [6, 6.07) is 3.44. The molecule has 2 aromatic rings. The van der Waals surface area contributed by atoms with E-state index in [2.05, 4.69) is 30.2 Å². The Morgan fingerprint density at radius 1 is 1.13 bits per heavy atom. The number of benzene rings is 1. The minimum absolute atomic E-state index is 0.0458. The van der Waals surface area contributed by atoms with Gasteiger partial charge in [0, 0.05) is 32.2 Å². The molecule has 0 saturated heterocycles. The third kappa shape index (κ3) is 6.92. The van der Waals surface area contributed by atoms with Crippen molar-refractivity contribution in [3.8, 4) is 5.75 Å². The lowest BCUT2D eigenvalue weighted by molar-refractivity contribution is -0.119. The Hall–Kier alpha value is -2.67. The molecule has 11 nitrogen and oxygen atoms in total. The van der Waals surface area contributed by atoms with Crippen LogP contribution in [0, 0.1) is 5.92 Å². The maximum atomic E-state index is 12.9. The van der Waals surface area contributed by atoms with Gasteiger partial charge in [-0.2, -0.15) is 4.98 Å². The number of ether oxygens (including phenoxy) is 1. The Balaban J connectivity index is 1.38. The molecule has 5 rings (SSSR count). The van der Waals surface area contributed by atoms with Gasteiger partial charge >= 0.3 is 0 Å². The summed E-state index contributed by atoms with van der Waals surface area (Å²) in [5, 5.41) is 6.89. The molecule has 2 atom stereocenters. The van der Waals surface area contributed by atoms with Crippen molar-refractivity contribution in [2.24, 2.45) is 5.92 Å². The molecule has 1 amide bonds. The van der Waals surface area contributed by atoms with Crippen molar-refractivity contribution in [2.45, 2.75) is 57.2 Å². The van der Waals surface area contributed by atoms with Gasteiger partial charge in [0.25, 0.3) is 0 Å². The van der Waals surface area contributed by atoms with Crippen LogP contribution in [0.25, 0.3) is 0 Å². The summed E-state index contributed by atoms with van der Waals surface area (Å²) in [7, 11) is 0.0471. The van der Waals surface area contributed by atoms with Crippen molar-refractivity contribution in [1.82, 2.24) is 19.6 Å². The molecule has 0 spiro atoms. The van der Waals surface area contributed by atoms with E-state index in [4.69, 9.17) is 16.3 Å². The van der Waals surface area contributed by atoms with Gasteiger partial charge in [0.05, 0.1) is 37.5 Å². The summed E-state index contributed by atoms with van der Waals surface area (Å²) >= 11 is 6.43. The van der Waals surface area contributed by atoms with Gasteiger partial charge < -0.3 is 20.3 Å². The predicted molar refractivity (Wildman–Crippen MR) is 152 cm³/mol. The van der Waals surface area contributed by atoms with Crippen LogP contribution in [0.4, 0.5) is 23.1 Å². The van der Waals surface area contributed by atoms with Gasteiger partial charge in [-0.15, -0.1) is 0 Å². The Morgan fingerprint density at radius 3 is 2.56 bits per heavy atom. The maximum absolute atomic E-state index is 12.9. The number of nitrogens with one attached hydrogen (secondary N) is 3. The SMILES string of the molecule is COc1cc2c(cc1Nc1ncc(Cl)c(N[C@@H]3CCCC[C@H]3NS(C)(=O)=O)n1)N(C)C(=O)CN(CC1CC1)C2. The Kier molecular flexibility index (Phi) is 8.18. The van der Waals surface area contributed by atoms with Gasteiger partial charge in [-0.1, -0.05) is 24.4 Å². The number of anilines is 4. The van der Waals surface area contributed by atoms with Gasteiger partial charge in [0.1, 0.15) is 10.8 Å². The summed E-state index contributed by atoms with van der Waals surface area (Å²) in [6.07, 6.45) is 8.57. The lowest BCUT2D eigenvalue weighted by atomic mass is 9.91. The average molecular weight is 578 g/mol. The Labute approximate surface area is 234 Å². The number of halogens is 1. The van der Waals surface area contributed by atoms with Crippen LogP contribution in [0.1, 0.15) is 44.1 Å².